The summed E-state index contributed by atoms with van der Waals surface area (Å²) in [6.07, 6.45) is 3.22. The summed E-state index contributed by atoms with van der Waals surface area (Å²) in [7, 11) is 0. The Morgan fingerprint density at radius 2 is 1.94 bits per heavy atom. The Balaban J connectivity index is 2.36. The summed E-state index contributed by atoms with van der Waals surface area (Å²) in [5.41, 5.74) is 0.981. The Bertz CT molecular complexity index is 527. The minimum atomic E-state index is 0.445. The molecule has 1 N–H and O–H groups in total. The zero-order valence-corrected chi connectivity index (χ0v) is 11.9. The van der Waals surface area contributed by atoms with Crippen molar-refractivity contribution < 1.29 is 0 Å². The van der Waals surface area contributed by atoms with E-state index in [1.54, 1.807) is 0 Å². The van der Waals surface area contributed by atoms with Gasteiger partial charge < -0.3 is 5.32 Å². The van der Waals surface area contributed by atoms with E-state index in [1.807, 2.05) is 30.8 Å². The van der Waals surface area contributed by atoms with E-state index in [4.69, 9.17) is 0 Å². The van der Waals surface area contributed by atoms with Crippen molar-refractivity contribution in [1.29, 1.82) is 0 Å². The van der Waals surface area contributed by atoms with Crippen molar-refractivity contribution in [3.8, 4) is 0 Å². The molecule has 0 saturated carbocycles. The molecule has 0 aliphatic heterocycles. The van der Waals surface area contributed by atoms with Crippen LogP contribution in [0.1, 0.15) is 19.0 Å². The van der Waals surface area contributed by atoms with Crippen LogP contribution in [0.15, 0.2) is 24.3 Å². The smallest absolute Gasteiger partial charge is 0.156 e. The highest BCUT2D eigenvalue weighted by atomic mass is 32.2. The van der Waals surface area contributed by atoms with Gasteiger partial charge in [0.05, 0.1) is 5.69 Å². The molecule has 3 nitrogen and oxygen atoms in total. The van der Waals surface area contributed by atoms with Gasteiger partial charge in [-0.3, -0.25) is 0 Å². The van der Waals surface area contributed by atoms with E-state index in [9.17, 15) is 0 Å². The quantitative estimate of drug-likeness (QED) is 0.894. The SMILES string of the molecule is CCC(CSC)Nc1nnc(C)c2ccccc12. The number of nitrogens with zero attached hydrogens (tertiary/aromatic N) is 2. The maximum atomic E-state index is 4.31. The molecule has 1 heterocycles. The maximum absolute atomic E-state index is 4.31. The molecule has 4 heteroatoms. The van der Waals surface area contributed by atoms with Gasteiger partial charge in [0.25, 0.3) is 0 Å². The molecule has 0 amide bonds. The number of hydrogen-bond donors (Lipinski definition) is 1. The van der Waals surface area contributed by atoms with Crippen LogP contribution in [0.3, 0.4) is 0 Å². The van der Waals surface area contributed by atoms with Gasteiger partial charge in [-0.1, -0.05) is 31.2 Å². The molecule has 1 aromatic carbocycles. The highest BCUT2D eigenvalue weighted by Crippen LogP contribution is 2.23. The van der Waals surface area contributed by atoms with Crippen LogP contribution in [0.2, 0.25) is 0 Å². The van der Waals surface area contributed by atoms with Crippen LogP contribution in [0, 0.1) is 6.92 Å². The van der Waals surface area contributed by atoms with E-state index in [2.05, 4.69) is 40.8 Å². The number of aryl methyl sites for hydroxylation is 1. The summed E-state index contributed by atoms with van der Waals surface area (Å²) in [4.78, 5) is 0. The van der Waals surface area contributed by atoms with Gasteiger partial charge in [-0.25, -0.2) is 0 Å². The lowest BCUT2D eigenvalue weighted by Gasteiger charge is -2.17. The van der Waals surface area contributed by atoms with Crippen LogP contribution >= 0.6 is 11.8 Å². The molecule has 2 rings (SSSR count). The third-order valence-electron chi connectivity index (χ3n) is 3.07. The van der Waals surface area contributed by atoms with Gasteiger partial charge in [0.1, 0.15) is 0 Å². The molecular formula is C14H19N3S. The number of benzene rings is 1. The zero-order chi connectivity index (χ0) is 13.0. The fraction of sp³-hybridized carbons (Fsp3) is 0.429. The van der Waals surface area contributed by atoms with E-state index in [0.717, 1.165) is 29.1 Å². The van der Waals surface area contributed by atoms with Crippen LogP contribution in [0.5, 0.6) is 0 Å². The normalized spacial score (nSPS) is 12.6. The molecule has 1 atom stereocenters. The van der Waals surface area contributed by atoms with E-state index < -0.39 is 0 Å². The van der Waals surface area contributed by atoms with E-state index in [-0.39, 0.29) is 0 Å². The standard InChI is InChI=1S/C14H19N3S/c1-4-11(9-18-3)15-14-13-8-6-5-7-12(13)10(2)16-17-14/h5-8,11H,4,9H2,1-3H3,(H,15,17). The van der Waals surface area contributed by atoms with Crippen LogP contribution in [-0.2, 0) is 0 Å². The third kappa shape index (κ3) is 2.75. The van der Waals surface area contributed by atoms with Crippen molar-refractivity contribution in [3.05, 3.63) is 30.0 Å². The van der Waals surface area contributed by atoms with Gasteiger partial charge in [-0.05, 0) is 19.6 Å². The summed E-state index contributed by atoms with van der Waals surface area (Å²) in [6.45, 7) is 4.19. The Labute approximate surface area is 112 Å². The highest BCUT2D eigenvalue weighted by Gasteiger charge is 2.10. The molecule has 2 aromatic rings. The first kappa shape index (κ1) is 13.1. The number of rotatable bonds is 5. The lowest BCUT2D eigenvalue weighted by atomic mass is 10.1. The van der Waals surface area contributed by atoms with Gasteiger partial charge >= 0.3 is 0 Å². The summed E-state index contributed by atoms with van der Waals surface area (Å²) < 4.78 is 0. The first-order valence-corrected chi connectivity index (χ1v) is 7.63. The van der Waals surface area contributed by atoms with Crippen LogP contribution < -0.4 is 5.32 Å². The molecule has 0 aliphatic carbocycles. The van der Waals surface area contributed by atoms with Crippen molar-refractivity contribution in [3.63, 3.8) is 0 Å². The van der Waals surface area contributed by atoms with Crippen molar-refractivity contribution in [1.82, 2.24) is 10.2 Å². The third-order valence-corrected chi connectivity index (χ3v) is 3.81. The first-order valence-electron chi connectivity index (χ1n) is 6.23. The molecular weight excluding hydrogens is 242 g/mol. The number of fused-ring (bicyclic) bond motifs is 1. The van der Waals surface area contributed by atoms with E-state index >= 15 is 0 Å². The fourth-order valence-corrected chi connectivity index (χ4v) is 2.72. The van der Waals surface area contributed by atoms with Gasteiger partial charge in [-0.15, -0.1) is 5.10 Å². The fourth-order valence-electron chi connectivity index (χ4n) is 2.00. The second-order valence-corrected chi connectivity index (χ2v) is 5.30. The first-order chi connectivity index (χ1) is 8.76. The van der Waals surface area contributed by atoms with Crippen molar-refractivity contribution >= 4 is 28.4 Å². The molecule has 0 aliphatic rings. The molecule has 0 fully saturated rings. The minimum Gasteiger partial charge on any atom is -0.365 e. The number of hydrogen-bond acceptors (Lipinski definition) is 4. The second kappa shape index (κ2) is 6.05. The van der Waals surface area contributed by atoms with Crippen LogP contribution in [-0.4, -0.2) is 28.2 Å². The molecule has 1 aromatic heterocycles. The molecule has 18 heavy (non-hydrogen) atoms. The number of anilines is 1. The second-order valence-electron chi connectivity index (χ2n) is 4.38. The Kier molecular flexibility index (Phi) is 4.42. The average molecular weight is 261 g/mol. The number of nitrogens with one attached hydrogen (secondary N) is 1. The van der Waals surface area contributed by atoms with Crippen LogP contribution in [0.25, 0.3) is 10.8 Å². The molecule has 1 unspecified atom stereocenters. The molecule has 0 spiro atoms. The predicted molar refractivity (Wildman–Crippen MR) is 80.4 cm³/mol. The lowest BCUT2D eigenvalue weighted by molar-refractivity contribution is 0.766. The van der Waals surface area contributed by atoms with Gasteiger partial charge in [0.2, 0.25) is 0 Å². The predicted octanol–water partition coefficient (Wildman–Crippen LogP) is 3.49. The van der Waals surface area contributed by atoms with Crippen molar-refractivity contribution in [2.75, 3.05) is 17.3 Å². The Morgan fingerprint density at radius 1 is 1.22 bits per heavy atom. The summed E-state index contributed by atoms with van der Waals surface area (Å²) >= 11 is 1.85. The zero-order valence-electron chi connectivity index (χ0n) is 11.1. The van der Waals surface area contributed by atoms with Crippen molar-refractivity contribution in [2.24, 2.45) is 0 Å². The summed E-state index contributed by atoms with van der Waals surface area (Å²) in [5.74, 6) is 1.98. The van der Waals surface area contributed by atoms with E-state index in [1.165, 1.54) is 5.39 Å². The maximum Gasteiger partial charge on any atom is 0.156 e. The van der Waals surface area contributed by atoms with E-state index in [0.29, 0.717) is 6.04 Å². The Hall–Kier alpha value is -1.29. The van der Waals surface area contributed by atoms with Gasteiger partial charge in [0, 0.05) is 22.6 Å². The van der Waals surface area contributed by atoms with Gasteiger partial charge in [0.15, 0.2) is 5.82 Å². The number of thioether (sulfide) groups is 1. The largest absolute Gasteiger partial charge is 0.365 e. The molecule has 0 bridgehead atoms. The minimum absolute atomic E-state index is 0.445. The molecule has 0 saturated heterocycles. The topological polar surface area (TPSA) is 37.8 Å². The van der Waals surface area contributed by atoms with Crippen molar-refractivity contribution in [2.45, 2.75) is 26.3 Å². The van der Waals surface area contributed by atoms with Gasteiger partial charge in [-0.2, -0.15) is 16.9 Å². The highest BCUT2D eigenvalue weighted by molar-refractivity contribution is 7.98. The average Bonchev–Trinajstić information content (AvgIpc) is 2.41. The molecule has 0 radical (unpaired) electrons. The molecule has 96 valence electrons. The lowest BCUT2D eigenvalue weighted by Crippen LogP contribution is -2.22. The monoisotopic (exact) mass is 261 g/mol. The summed E-state index contributed by atoms with van der Waals surface area (Å²) in [5, 5.41) is 14.4. The Morgan fingerprint density at radius 3 is 2.61 bits per heavy atom. The summed E-state index contributed by atoms with van der Waals surface area (Å²) in [6, 6.07) is 8.73. The number of aromatic nitrogens is 2. The van der Waals surface area contributed by atoms with Crippen LogP contribution in [0.4, 0.5) is 5.82 Å².